The van der Waals surface area contributed by atoms with E-state index in [0.717, 1.165) is 6.07 Å². The molecule has 0 aromatic heterocycles. The van der Waals surface area contributed by atoms with Crippen molar-refractivity contribution in [2.45, 2.75) is 23.8 Å². The Kier molecular flexibility index (Phi) is 4.07. The fourth-order valence-corrected chi connectivity index (χ4v) is 3.12. The summed E-state index contributed by atoms with van der Waals surface area (Å²) in [4.78, 5) is -0.134. The summed E-state index contributed by atoms with van der Waals surface area (Å²) in [5, 5.41) is 9.12. The zero-order valence-corrected chi connectivity index (χ0v) is 11.3. The average molecular weight is 289 g/mol. The van der Waals surface area contributed by atoms with E-state index in [1.165, 1.54) is 19.2 Å². The smallest absolute Gasteiger partial charge is 0.240 e. The Morgan fingerprint density at radius 1 is 1.47 bits per heavy atom. The summed E-state index contributed by atoms with van der Waals surface area (Å²) in [6.07, 6.45) is 0.867. The third kappa shape index (κ3) is 3.23. The van der Waals surface area contributed by atoms with Gasteiger partial charge in [0, 0.05) is 6.54 Å². The predicted octanol–water partition coefficient (Wildman–Crippen LogP) is 0.883. The second kappa shape index (κ2) is 5.44. The van der Waals surface area contributed by atoms with Gasteiger partial charge in [-0.1, -0.05) is 0 Å². The first kappa shape index (κ1) is 14.2. The normalized spacial score (nSPS) is 22.9. The predicted molar refractivity (Wildman–Crippen MR) is 66.9 cm³/mol. The highest BCUT2D eigenvalue weighted by Crippen LogP contribution is 2.27. The summed E-state index contributed by atoms with van der Waals surface area (Å²) in [6.45, 7) is 0.257. The Morgan fingerprint density at radius 2 is 2.16 bits per heavy atom. The van der Waals surface area contributed by atoms with Crippen LogP contribution < -0.4 is 9.46 Å². The summed E-state index contributed by atoms with van der Waals surface area (Å²) in [5.41, 5.74) is 0. The molecular formula is C12H16FNO4S. The van der Waals surface area contributed by atoms with E-state index < -0.39 is 15.8 Å². The lowest BCUT2D eigenvalue weighted by Gasteiger charge is -2.31. The number of hydrogen-bond donors (Lipinski definition) is 2. The molecule has 106 valence electrons. The van der Waals surface area contributed by atoms with Crippen molar-refractivity contribution in [3.63, 3.8) is 0 Å². The van der Waals surface area contributed by atoms with Gasteiger partial charge in [-0.25, -0.2) is 17.5 Å². The van der Waals surface area contributed by atoms with Gasteiger partial charge in [-0.2, -0.15) is 0 Å². The number of ether oxygens (including phenoxy) is 1. The minimum Gasteiger partial charge on any atom is -0.494 e. The van der Waals surface area contributed by atoms with Crippen molar-refractivity contribution in [1.82, 2.24) is 4.72 Å². The van der Waals surface area contributed by atoms with E-state index in [-0.39, 0.29) is 29.2 Å². The Hall–Kier alpha value is -1.18. The molecule has 5 nitrogen and oxygen atoms in total. The number of halogens is 1. The van der Waals surface area contributed by atoms with Crippen molar-refractivity contribution < 1.29 is 22.7 Å². The van der Waals surface area contributed by atoms with Crippen molar-refractivity contribution in [2.24, 2.45) is 5.92 Å². The molecule has 7 heteroatoms. The van der Waals surface area contributed by atoms with Gasteiger partial charge >= 0.3 is 0 Å². The molecule has 1 fully saturated rings. The maximum Gasteiger partial charge on any atom is 0.240 e. The second-order valence-electron chi connectivity index (χ2n) is 4.64. The minimum absolute atomic E-state index is 0.000986. The summed E-state index contributed by atoms with van der Waals surface area (Å²) in [5.74, 6) is -0.571. The molecule has 0 bridgehead atoms. The Bertz CT molecular complexity index is 555. The molecule has 0 amide bonds. The first-order chi connectivity index (χ1) is 8.92. The van der Waals surface area contributed by atoms with Crippen LogP contribution in [0.15, 0.2) is 23.1 Å². The van der Waals surface area contributed by atoms with E-state index in [9.17, 15) is 12.8 Å². The molecule has 0 saturated heterocycles. The summed E-state index contributed by atoms with van der Waals surface area (Å²) < 4.78 is 44.5. The average Bonchev–Trinajstić information content (AvgIpc) is 2.33. The zero-order chi connectivity index (χ0) is 14.0. The Balaban J connectivity index is 2.04. The van der Waals surface area contributed by atoms with Crippen LogP contribution in [0.4, 0.5) is 4.39 Å². The zero-order valence-electron chi connectivity index (χ0n) is 10.5. The summed E-state index contributed by atoms with van der Waals surface area (Å²) in [6, 6.07) is 3.49. The van der Waals surface area contributed by atoms with Gasteiger partial charge in [0.1, 0.15) is 0 Å². The molecule has 19 heavy (non-hydrogen) atoms. The molecule has 0 radical (unpaired) electrons. The van der Waals surface area contributed by atoms with Crippen molar-refractivity contribution in [2.75, 3.05) is 13.7 Å². The molecular weight excluding hydrogens is 273 g/mol. The van der Waals surface area contributed by atoms with Crippen molar-refractivity contribution >= 4 is 10.0 Å². The number of hydrogen-bond acceptors (Lipinski definition) is 4. The van der Waals surface area contributed by atoms with Crippen LogP contribution in [0.25, 0.3) is 0 Å². The number of aliphatic hydroxyl groups excluding tert-OH is 1. The van der Waals surface area contributed by atoms with Gasteiger partial charge in [-0.3, -0.25) is 0 Å². The molecule has 2 N–H and O–H groups in total. The molecule has 1 aromatic rings. The second-order valence-corrected chi connectivity index (χ2v) is 6.41. The third-order valence-corrected chi connectivity index (χ3v) is 4.63. The van der Waals surface area contributed by atoms with E-state index in [2.05, 4.69) is 4.72 Å². The highest BCUT2D eigenvalue weighted by Gasteiger charge is 2.28. The summed E-state index contributed by atoms with van der Waals surface area (Å²) >= 11 is 0. The monoisotopic (exact) mass is 289 g/mol. The van der Waals surface area contributed by atoms with Crippen molar-refractivity contribution in [3.05, 3.63) is 24.0 Å². The molecule has 1 aliphatic rings. The van der Waals surface area contributed by atoms with Gasteiger partial charge in [-0.15, -0.1) is 0 Å². The number of rotatable bonds is 5. The van der Waals surface area contributed by atoms with E-state index in [4.69, 9.17) is 9.84 Å². The van der Waals surface area contributed by atoms with Gasteiger partial charge < -0.3 is 9.84 Å². The molecule has 0 unspecified atom stereocenters. The van der Waals surface area contributed by atoms with E-state index in [0.29, 0.717) is 12.8 Å². The Labute approximate surface area is 111 Å². The van der Waals surface area contributed by atoms with E-state index >= 15 is 0 Å². The minimum atomic E-state index is -3.72. The Morgan fingerprint density at radius 3 is 2.68 bits per heavy atom. The lowest BCUT2D eigenvalue weighted by Crippen LogP contribution is -2.38. The first-order valence-electron chi connectivity index (χ1n) is 5.93. The topological polar surface area (TPSA) is 75.6 Å². The fourth-order valence-electron chi connectivity index (χ4n) is 1.99. The molecule has 1 aromatic carbocycles. The largest absolute Gasteiger partial charge is 0.494 e. The van der Waals surface area contributed by atoms with E-state index in [1.54, 1.807) is 0 Å². The molecule has 1 saturated carbocycles. The van der Waals surface area contributed by atoms with Gasteiger partial charge in [0.2, 0.25) is 10.0 Å². The molecule has 0 spiro atoms. The van der Waals surface area contributed by atoms with Crippen molar-refractivity contribution in [1.29, 1.82) is 0 Å². The SMILES string of the molecule is COc1ccc(S(=O)(=O)NCC2CC(O)C2)cc1F. The first-order valence-corrected chi connectivity index (χ1v) is 7.42. The number of methoxy groups -OCH3 is 1. The molecule has 0 heterocycles. The maximum absolute atomic E-state index is 13.5. The molecule has 2 rings (SSSR count). The number of nitrogens with one attached hydrogen (secondary N) is 1. The standard InChI is InChI=1S/C12H16FNO4S/c1-18-12-3-2-10(6-11(12)13)19(16,17)14-7-8-4-9(15)5-8/h2-3,6,8-9,14-15H,4-5,7H2,1H3. The highest BCUT2D eigenvalue weighted by molar-refractivity contribution is 7.89. The number of benzene rings is 1. The fraction of sp³-hybridized carbons (Fsp3) is 0.500. The molecule has 0 aliphatic heterocycles. The van der Waals surface area contributed by atoms with Gasteiger partial charge in [-0.05, 0) is 37.0 Å². The van der Waals surface area contributed by atoms with E-state index in [1.807, 2.05) is 0 Å². The lowest BCUT2D eigenvalue weighted by atomic mass is 9.83. The molecule has 1 aliphatic carbocycles. The summed E-state index contributed by atoms with van der Waals surface area (Å²) in [7, 11) is -2.41. The lowest BCUT2D eigenvalue weighted by molar-refractivity contribution is 0.0453. The van der Waals surface area contributed by atoms with Crippen molar-refractivity contribution in [3.8, 4) is 5.75 Å². The highest BCUT2D eigenvalue weighted by atomic mass is 32.2. The molecule has 0 atom stereocenters. The van der Waals surface area contributed by atoms with Crippen LogP contribution in [0, 0.1) is 11.7 Å². The van der Waals surface area contributed by atoms with Crippen LogP contribution in [0.3, 0.4) is 0 Å². The third-order valence-electron chi connectivity index (χ3n) is 3.21. The van der Waals surface area contributed by atoms with Gasteiger partial charge in [0.15, 0.2) is 11.6 Å². The van der Waals surface area contributed by atoms with Gasteiger partial charge in [0.05, 0.1) is 18.1 Å². The maximum atomic E-state index is 13.5. The number of sulfonamides is 1. The van der Waals surface area contributed by atoms with Crippen LogP contribution >= 0.6 is 0 Å². The quantitative estimate of drug-likeness (QED) is 0.844. The van der Waals surface area contributed by atoms with Crippen LogP contribution in [0.2, 0.25) is 0 Å². The van der Waals surface area contributed by atoms with Crippen LogP contribution in [0.1, 0.15) is 12.8 Å². The van der Waals surface area contributed by atoms with Crippen LogP contribution in [-0.2, 0) is 10.0 Å². The van der Waals surface area contributed by atoms with Crippen LogP contribution in [-0.4, -0.2) is 33.3 Å². The van der Waals surface area contributed by atoms with Crippen LogP contribution in [0.5, 0.6) is 5.75 Å². The van der Waals surface area contributed by atoms with Gasteiger partial charge in [0.25, 0.3) is 0 Å². The number of aliphatic hydroxyl groups is 1.